The van der Waals surface area contributed by atoms with E-state index >= 15 is 0 Å². The van der Waals surface area contributed by atoms with E-state index < -0.39 is 6.04 Å². The number of rotatable bonds is 2. The number of nitrogens with zero attached hydrogens (tertiary/aromatic N) is 2. The number of H-pyrrole nitrogens is 1. The van der Waals surface area contributed by atoms with Crippen LogP contribution in [-0.2, 0) is 16.0 Å². The van der Waals surface area contributed by atoms with Gasteiger partial charge in [0.1, 0.15) is 12.6 Å². The molecule has 2 aromatic rings. The standard InChI is InChI=1S/C18H19N3O2/c1-3-8-20-10-16(22)21-11(2)17-13(9-15(21)18(20)23)12-6-4-5-7-14(12)19-17/h3-7,11,15,19H,1,8-10H2,2H3/t11-,15-/m0/s1. The maximum absolute atomic E-state index is 12.8. The smallest absolute Gasteiger partial charge is 0.246 e. The van der Waals surface area contributed by atoms with E-state index in [2.05, 4.69) is 17.6 Å². The van der Waals surface area contributed by atoms with Gasteiger partial charge in [0.25, 0.3) is 0 Å². The van der Waals surface area contributed by atoms with E-state index in [1.807, 2.05) is 25.1 Å². The molecule has 5 heteroatoms. The highest BCUT2D eigenvalue weighted by Gasteiger charge is 2.45. The molecule has 1 aromatic carbocycles. The van der Waals surface area contributed by atoms with Gasteiger partial charge in [0, 0.05) is 29.6 Å². The molecule has 0 saturated carbocycles. The van der Waals surface area contributed by atoms with Crippen molar-refractivity contribution in [2.45, 2.75) is 25.4 Å². The monoisotopic (exact) mass is 309 g/mol. The molecule has 3 heterocycles. The number of benzene rings is 1. The summed E-state index contributed by atoms with van der Waals surface area (Å²) in [7, 11) is 0. The molecule has 2 aliphatic heterocycles. The first-order valence-corrected chi connectivity index (χ1v) is 7.92. The number of amides is 2. The van der Waals surface area contributed by atoms with Crippen molar-refractivity contribution < 1.29 is 9.59 Å². The maximum Gasteiger partial charge on any atom is 0.246 e. The fraction of sp³-hybridized carbons (Fsp3) is 0.333. The van der Waals surface area contributed by atoms with Gasteiger partial charge in [-0.25, -0.2) is 0 Å². The summed E-state index contributed by atoms with van der Waals surface area (Å²) in [4.78, 5) is 32.1. The number of nitrogens with one attached hydrogen (secondary N) is 1. The highest BCUT2D eigenvalue weighted by Crippen LogP contribution is 2.38. The molecule has 4 rings (SSSR count). The van der Waals surface area contributed by atoms with Crippen LogP contribution in [0.5, 0.6) is 0 Å². The van der Waals surface area contributed by atoms with Crippen molar-refractivity contribution in [3.63, 3.8) is 0 Å². The van der Waals surface area contributed by atoms with Crippen LogP contribution in [0.4, 0.5) is 0 Å². The quantitative estimate of drug-likeness (QED) is 0.863. The molecule has 0 radical (unpaired) electrons. The topological polar surface area (TPSA) is 56.4 Å². The molecule has 5 nitrogen and oxygen atoms in total. The summed E-state index contributed by atoms with van der Waals surface area (Å²) in [5.74, 6) is 0.0283. The van der Waals surface area contributed by atoms with Gasteiger partial charge in [0.05, 0.1) is 6.04 Å². The summed E-state index contributed by atoms with van der Waals surface area (Å²) < 4.78 is 0. The lowest BCUT2D eigenvalue weighted by atomic mass is 9.90. The van der Waals surface area contributed by atoms with Crippen LogP contribution >= 0.6 is 0 Å². The fourth-order valence-corrected chi connectivity index (χ4v) is 3.94. The van der Waals surface area contributed by atoms with Crippen molar-refractivity contribution in [3.05, 3.63) is 48.2 Å². The Bertz CT molecular complexity index is 823. The Balaban J connectivity index is 1.82. The first-order chi connectivity index (χ1) is 11.1. The van der Waals surface area contributed by atoms with E-state index in [9.17, 15) is 9.59 Å². The number of aromatic amines is 1. The number of para-hydroxylation sites is 1. The third-order valence-corrected chi connectivity index (χ3v) is 4.98. The number of carbonyl (C=O) groups excluding carboxylic acids is 2. The Labute approximate surface area is 134 Å². The molecule has 1 N–H and O–H groups in total. The molecule has 1 saturated heterocycles. The van der Waals surface area contributed by atoms with Crippen LogP contribution in [0.1, 0.15) is 24.2 Å². The van der Waals surface area contributed by atoms with E-state index in [4.69, 9.17) is 0 Å². The molecule has 118 valence electrons. The normalized spacial score (nSPS) is 23.9. The number of hydrogen-bond donors (Lipinski definition) is 1. The van der Waals surface area contributed by atoms with Crippen molar-refractivity contribution >= 4 is 22.7 Å². The Morgan fingerprint density at radius 1 is 1.35 bits per heavy atom. The predicted octanol–water partition coefficient (Wildman–Crippen LogP) is 2.01. The summed E-state index contributed by atoms with van der Waals surface area (Å²) in [6.07, 6.45) is 2.24. The second kappa shape index (κ2) is 4.98. The lowest BCUT2D eigenvalue weighted by Crippen LogP contribution is -2.62. The molecule has 23 heavy (non-hydrogen) atoms. The van der Waals surface area contributed by atoms with Gasteiger partial charge in [0.15, 0.2) is 0 Å². The molecular formula is C18H19N3O2. The van der Waals surface area contributed by atoms with E-state index in [1.54, 1.807) is 15.9 Å². The lowest BCUT2D eigenvalue weighted by molar-refractivity contribution is -0.158. The average Bonchev–Trinajstić information content (AvgIpc) is 2.92. The fourth-order valence-electron chi connectivity index (χ4n) is 3.94. The van der Waals surface area contributed by atoms with E-state index in [0.717, 1.165) is 22.2 Å². The summed E-state index contributed by atoms with van der Waals surface area (Å²) >= 11 is 0. The Morgan fingerprint density at radius 2 is 2.13 bits per heavy atom. The van der Waals surface area contributed by atoms with Crippen LogP contribution in [0.2, 0.25) is 0 Å². The van der Waals surface area contributed by atoms with Gasteiger partial charge in [-0.3, -0.25) is 9.59 Å². The van der Waals surface area contributed by atoms with Crippen LogP contribution in [-0.4, -0.2) is 45.7 Å². The highest BCUT2D eigenvalue weighted by molar-refractivity contribution is 5.97. The second-order valence-electron chi connectivity index (χ2n) is 6.27. The molecule has 2 aliphatic rings. The Morgan fingerprint density at radius 3 is 2.91 bits per heavy atom. The van der Waals surface area contributed by atoms with Crippen LogP contribution in [0, 0.1) is 0 Å². The van der Waals surface area contributed by atoms with Crippen LogP contribution < -0.4 is 0 Å². The molecular weight excluding hydrogens is 290 g/mol. The van der Waals surface area contributed by atoms with Crippen molar-refractivity contribution in [1.82, 2.24) is 14.8 Å². The molecule has 0 spiro atoms. The molecule has 0 aliphatic carbocycles. The van der Waals surface area contributed by atoms with Crippen molar-refractivity contribution in [2.75, 3.05) is 13.1 Å². The Hall–Kier alpha value is -2.56. The van der Waals surface area contributed by atoms with Gasteiger partial charge in [-0.15, -0.1) is 6.58 Å². The lowest BCUT2D eigenvalue weighted by Gasteiger charge is -2.45. The third-order valence-electron chi connectivity index (χ3n) is 4.98. The van der Waals surface area contributed by atoms with Gasteiger partial charge in [-0.05, 0) is 18.6 Å². The first kappa shape index (κ1) is 14.1. The van der Waals surface area contributed by atoms with E-state index in [0.29, 0.717) is 13.0 Å². The summed E-state index contributed by atoms with van der Waals surface area (Å²) in [5.41, 5.74) is 3.28. The molecule has 1 fully saturated rings. The van der Waals surface area contributed by atoms with Crippen molar-refractivity contribution in [1.29, 1.82) is 0 Å². The van der Waals surface area contributed by atoms with Crippen LogP contribution in [0.15, 0.2) is 36.9 Å². The summed E-state index contributed by atoms with van der Waals surface area (Å²) in [6.45, 7) is 6.23. The van der Waals surface area contributed by atoms with E-state index in [1.165, 1.54) is 0 Å². The van der Waals surface area contributed by atoms with Gasteiger partial charge in [0.2, 0.25) is 11.8 Å². The Kier molecular flexibility index (Phi) is 3.04. The maximum atomic E-state index is 12.8. The van der Waals surface area contributed by atoms with Crippen molar-refractivity contribution in [3.8, 4) is 0 Å². The molecule has 1 aromatic heterocycles. The van der Waals surface area contributed by atoms with Gasteiger partial charge in [-0.2, -0.15) is 0 Å². The first-order valence-electron chi connectivity index (χ1n) is 7.92. The van der Waals surface area contributed by atoms with Gasteiger partial charge < -0.3 is 14.8 Å². The molecule has 0 bridgehead atoms. The highest BCUT2D eigenvalue weighted by atomic mass is 16.2. The number of hydrogen-bond acceptors (Lipinski definition) is 2. The van der Waals surface area contributed by atoms with Crippen LogP contribution in [0.25, 0.3) is 10.9 Å². The minimum Gasteiger partial charge on any atom is -0.356 e. The zero-order valence-corrected chi connectivity index (χ0v) is 13.1. The number of carbonyl (C=O) groups is 2. The minimum atomic E-state index is -0.405. The van der Waals surface area contributed by atoms with E-state index in [-0.39, 0.29) is 24.4 Å². The largest absolute Gasteiger partial charge is 0.356 e. The summed E-state index contributed by atoms with van der Waals surface area (Å²) in [6, 6.07) is 7.59. The summed E-state index contributed by atoms with van der Waals surface area (Å²) in [5, 5.41) is 1.15. The molecule has 0 unspecified atom stereocenters. The van der Waals surface area contributed by atoms with Crippen LogP contribution in [0.3, 0.4) is 0 Å². The van der Waals surface area contributed by atoms with Gasteiger partial charge in [-0.1, -0.05) is 24.3 Å². The predicted molar refractivity (Wildman–Crippen MR) is 87.8 cm³/mol. The van der Waals surface area contributed by atoms with Gasteiger partial charge >= 0.3 is 0 Å². The number of aromatic nitrogens is 1. The average molecular weight is 309 g/mol. The minimum absolute atomic E-state index is 0.00764. The second-order valence-corrected chi connectivity index (χ2v) is 6.27. The number of piperazine rings is 1. The zero-order valence-electron chi connectivity index (χ0n) is 13.1. The third kappa shape index (κ3) is 1.92. The number of fused-ring (bicyclic) bond motifs is 4. The van der Waals surface area contributed by atoms with Crippen molar-refractivity contribution in [2.24, 2.45) is 0 Å². The molecule has 2 amide bonds. The molecule has 2 atom stereocenters. The zero-order chi connectivity index (χ0) is 16.1. The SMILES string of the molecule is C=CCN1CC(=O)N2[C@@H](Cc3c([nH]c4ccccc34)[C@@H]2C)C1=O.